The van der Waals surface area contributed by atoms with Crippen molar-refractivity contribution in [3.8, 4) is 0 Å². The van der Waals surface area contributed by atoms with Gasteiger partial charge < -0.3 is 21.1 Å². The van der Waals surface area contributed by atoms with Gasteiger partial charge in [0, 0.05) is 38.0 Å². The summed E-state index contributed by atoms with van der Waals surface area (Å²) in [6.07, 6.45) is 1.46. The molecule has 0 radical (unpaired) electrons. The number of carbonyl (C=O) groups is 2. The number of aliphatic hydroxyl groups excluding tert-OH is 1. The van der Waals surface area contributed by atoms with Gasteiger partial charge in [-0.1, -0.05) is 23.2 Å². The summed E-state index contributed by atoms with van der Waals surface area (Å²) in [7, 11) is 0. The molecular formula is C17H18Cl2N4O3. The average Bonchev–Trinajstić information content (AvgIpc) is 2.54. The Balaban J connectivity index is 2.15. The van der Waals surface area contributed by atoms with Crippen LogP contribution in [0, 0.1) is 0 Å². The fourth-order valence-corrected chi connectivity index (χ4v) is 2.91. The van der Waals surface area contributed by atoms with Crippen molar-refractivity contribution in [2.75, 3.05) is 23.8 Å². The second kappa shape index (κ2) is 9.49. The van der Waals surface area contributed by atoms with E-state index in [-0.39, 0.29) is 28.1 Å². The molecule has 1 heterocycles. The molecule has 0 spiro atoms. The number of hydrogen-bond acceptors (Lipinski definition) is 5. The highest BCUT2D eigenvalue weighted by atomic mass is 35.5. The second-order valence-corrected chi connectivity index (χ2v) is 6.21. The first kappa shape index (κ1) is 20.1. The van der Waals surface area contributed by atoms with Gasteiger partial charge in [-0.15, -0.1) is 0 Å². The minimum atomic E-state index is -0.477. The van der Waals surface area contributed by atoms with Gasteiger partial charge in [0.05, 0.1) is 22.2 Å². The Labute approximate surface area is 160 Å². The van der Waals surface area contributed by atoms with E-state index >= 15 is 0 Å². The number of halogens is 2. The third kappa shape index (κ3) is 5.67. The monoisotopic (exact) mass is 396 g/mol. The van der Waals surface area contributed by atoms with Crippen LogP contribution >= 0.6 is 23.2 Å². The second-order valence-electron chi connectivity index (χ2n) is 5.40. The SMILES string of the molecule is CC(=O)Nc1cc(NC(=O)c2c(Cl)cc(CNCCO)cc2Cl)ccn1. The predicted octanol–water partition coefficient (Wildman–Crippen LogP) is 2.68. The lowest BCUT2D eigenvalue weighted by molar-refractivity contribution is -0.114. The molecule has 0 unspecified atom stereocenters. The van der Waals surface area contributed by atoms with Gasteiger partial charge in [-0.3, -0.25) is 9.59 Å². The Morgan fingerprint density at radius 3 is 2.46 bits per heavy atom. The Morgan fingerprint density at radius 1 is 1.15 bits per heavy atom. The lowest BCUT2D eigenvalue weighted by Gasteiger charge is -2.12. The van der Waals surface area contributed by atoms with Crippen LogP contribution < -0.4 is 16.0 Å². The zero-order valence-corrected chi connectivity index (χ0v) is 15.5. The third-order valence-electron chi connectivity index (χ3n) is 3.27. The molecule has 2 aromatic rings. The van der Waals surface area contributed by atoms with E-state index in [1.54, 1.807) is 18.2 Å². The summed E-state index contributed by atoms with van der Waals surface area (Å²) in [5.74, 6) is -0.426. The maximum Gasteiger partial charge on any atom is 0.258 e. The van der Waals surface area contributed by atoms with E-state index in [9.17, 15) is 9.59 Å². The summed E-state index contributed by atoms with van der Waals surface area (Å²) in [6, 6.07) is 6.39. The van der Waals surface area contributed by atoms with Crippen LogP contribution in [0.25, 0.3) is 0 Å². The Morgan fingerprint density at radius 2 is 1.85 bits per heavy atom. The molecule has 0 bridgehead atoms. The first-order valence-electron chi connectivity index (χ1n) is 7.75. The smallest absolute Gasteiger partial charge is 0.258 e. The molecule has 2 amide bonds. The van der Waals surface area contributed by atoms with Crippen LogP contribution in [0.1, 0.15) is 22.8 Å². The van der Waals surface area contributed by atoms with Crippen LogP contribution in [0.5, 0.6) is 0 Å². The molecule has 138 valence electrons. The van der Waals surface area contributed by atoms with Gasteiger partial charge in [0.15, 0.2) is 0 Å². The lowest BCUT2D eigenvalue weighted by Crippen LogP contribution is -2.18. The van der Waals surface area contributed by atoms with Crippen LogP contribution in [-0.2, 0) is 11.3 Å². The number of benzene rings is 1. The molecule has 0 aliphatic heterocycles. The van der Waals surface area contributed by atoms with Crippen molar-refractivity contribution in [1.82, 2.24) is 10.3 Å². The Bertz CT molecular complexity index is 791. The van der Waals surface area contributed by atoms with Crippen molar-refractivity contribution < 1.29 is 14.7 Å². The predicted molar refractivity (Wildman–Crippen MR) is 102 cm³/mol. The maximum atomic E-state index is 12.5. The number of anilines is 2. The number of nitrogens with zero attached hydrogens (tertiary/aromatic N) is 1. The number of rotatable bonds is 7. The van der Waals surface area contributed by atoms with Gasteiger partial charge >= 0.3 is 0 Å². The van der Waals surface area contributed by atoms with E-state index in [2.05, 4.69) is 20.9 Å². The Kier molecular flexibility index (Phi) is 7.35. The average molecular weight is 397 g/mol. The van der Waals surface area contributed by atoms with Crippen LogP contribution in [-0.4, -0.2) is 35.1 Å². The molecule has 0 atom stereocenters. The van der Waals surface area contributed by atoms with E-state index in [4.69, 9.17) is 28.3 Å². The minimum absolute atomic E-state index is 0.0222. The highest BCUT2D eigenvalue weighted by Gasteiger charge is 2.17. The topological polar surface area (TPSA) is 103 Å². The molecule has 7 nitrogen and oxygen atoms in total. The van der Waals surface area contributed by atoms with Crippen LogP contribution in [0.4, 0.5) is 11.5 Å². The third-order valence-corrected chi connectivity index (χ3v) is 3.86. The lowest BCUT2D eigenvalue weighted by atomic mass is 10.1. The summed E-state index contributed by atoms with van der Waals surface area (Å²) in [6.45, 7) is 2.29. The summed E-state index contributed by atoms with van der Waals surface area (Å²) >= 11 is 12.4. The number of aliphatic hydroxyl groups is 1. The normalized spacial score (nSPS) is 10.5. The molecule has 1 aromatic carbocycles. The molecule has 1 aromatic heterocycles. The van der Waals surface area contributed by atoms with Crippen molar-refractivity contribution in [3.63, 3.8) is 0 Å². The summed E-state index contributed by atoms with van der Waals surface area (Å²) < 4.78 is 0. The molecule has 26 heavy (non-hydrogen) atoms. The molecule has 4 N–H and O–H groups in total. The highest BCUT2D eigenvalue weighted by molar-refractivity contribution is 6.40. The molecule has 2 rings (SSSR count). The molecule has 0 saturated heterocycles. The number of aromatic nitrogens is 1. The van der Waals surface area contributed by atoms with E-state index < -0.39 is 5.91 Å². The number of amides is 2. The molecule has 0 saturated carbocycles. The molecule has 9 heteroatoms. The molecule has 0 fully saturated rings. The van der Waals surface area contributed by atoms with Gasteiger partial charge in [0.25, 0.3) is 5.91 Å². The van der Waals surface area contributed by atoms with Gasteiger partial charge in [-0.2, -0.15) is 0 Å². The van der Waals surface area contributed by atoms with E-state index in [0.29, 0.717) is 24.6 Å². The minimum Gasteiger partial charge on any atom is -0.395 e. The van der Waals surface area contributed by atoms with Crippen molar-refractivity contribution >= 4 is 46.5 Å². The van der Waals surface area contributed by atoms with Gasteiger partial charge in [-0.05, 0) is 23.8 Å². The Hall–Kier alpha value is -2.19. The number of nitrogens with one attached hydrogen (secondary N) is 3. The van der Waals surface area contributed by atoms with Gasteiger partial charge in [-0.25, -0.2) is 4.98 Å². The molecule has 0 aliphatic carbocycles. The van der Waals surface area contributed by atoms with Crippen molar-refractivity contribution in [2.24, 2.45) is 0 Å². The zero-order valence-electron chi connectivity index (χ0n) is 14.0. The molecular weight excluding hydrogens is 379 g/mol. The van der Waals surface area contributed by atoms with E-state index in [0.717, 1.165) is 5.56 Å². The first-order valence-corrected chi connectivity index (χ1v) is 8.50. The van der Waals surface area contributed by atoms with E-state index in [1.165, 1.54) is 19.2 Å². The fraction of sp³-hybridized carbons (Fsp3) is 0.235. The summed E-state index contributed by atoms with van der Waals surface area (Å²) in [5, 5.41) is 17.4. The van der Waals surface area contributed by atoms with Crippen molar-refractivity contribution in [1.29, 1.82) is 0 Å². The van der Waals surface area contributed by atoms with Gasteiger partial charge in [0.2, 0.25) is 5.91 Å². The van der Waals surface area contributed by atoms with Crippen molar-refractivity contribution in [2.45, 2.75) is 13.5 Å². The fourth-order valence-electron chi connectivity index (χ4n) is 2.21. The standard InChI is InChI=1S/C17H18Cl2N4O3/c1-10(25)22-15-8-12(2-3-21-15)23-17(26)16-13(18)6-11(7-14(16)19)9-20-4-5-24/h2-3,6-8,20,24H,4-5,9H2,1H3,(H2,21,22,23,25,26). The van der Waals surface area contributed by atoms with Crippen LogP contribution in [0.15, 0.2) is 30.5 Å². The highest BCUT2D eigenvalue weighted by Crippen LogP contribution is 2.28. The van der Waals surface area contributed by atoms with E-state index in [1.807, 2.05) is 0 Å². The van der Waals surface area contributed by atoms with Crippen LogP contribution in [0.3, 0.4) is 0 Å². The van der Waals surface area contributed by atoms with Crippen molar-refractivity contribution in [3.05, 3.63) is 51.6 Å². The molecule has 0 aliphatic rings. The largest absolute Gasteiger partial charge is 0.395 e. The number of hydrogen-bond donors (Lipinski definition) is 4. The number of carbonyl (C=O) groups excluding carboxylic acids is 2. The number of pyridine rings is 1. The summed E-state index contributed by atoms with van der Waals surface area (Å²) in [4.78, 5) is 27.6. The van der Waals surface area contributed by atoms with Crippen LogP contribution in [0.2, 0.25) is 10.0 Å². The maximum absolute atomic E-state index is 12.5. The summed E-state index contributed by atoms with van der Waals surface area (Å²) in [5.41, 5.74) is 1.38. The first-order chi connectivity index (χ1) is 12.4. The van der Waals surface area contributed by atoms with Gasteiger partial charge in [0.1, 0.15) is 5.82 Å². The zero-order chi connectivity index (χ0) is 19.1. The quantitative estimate of drug-likeness (QED) is 0.538.